The molecule has 3 nitrogen and oxygen atoms in total. The molecule has 0 aliphatic carbocycles. The van der Waals surface area contributed by atoms with Crippen LogP contribution in [-0.2, 0) is 0 Å². The van der Waals surface area contributed by atoms with Crippen molar-refractivity contribution >= 4 is 28.4 Å². The maximum Gasteiger partial charge on any atom is 0.142 e. The van der Waals surface area contributed by atoms with Crippen molar-refractivity contribution < 1.29 is 0 Å². The first-order valence-corrected chi connectivity index (χ1v) is 3.63. The Kier molecular flexibility index (Phi) is 2.06. The normalized spacial score (nSPS) is 8.80. The summed E-state index contributed by atoms with van der Waals surface area (Å²) < 4.78 is 0.840. The van der Waals surface area contributed by atoms with Gasteiger partial charge in [-0.2, -0.15) is 5.26 Å². The number of nitriles is 1. The summed E-state index contributed by atoms with van der Waals surface area (Å²) in [5.74, 6) is 0.300. The molecule has 0 aromatic carbocycles. The van der Waals surface area contributed by atoms with Crippen molar-refractivity contribution in [3.8, 4) is 6.07 Å². The van der Waals surface area contributed by atoms with Crippen LogP contribution in [0.5, 0.6) is 0 Å². The number of pyridine rings is 1. The van der Waals surface area contributed by atoms with E-state index in [1.54, 1.807) is 12.3 Å². The largest absolute Gasteiger partial charge is 0.383 e. The predicted molar refractivity (Wildman–Crippen MR) is 46.1 cm³/mol. The molecule has 0 aliphatic rings. The second kappa shape index (κ2) is 2.84. The molecule has 0 amide bonds. The van der Waals surface area contributed by atoms with Crippen LogP contribution in [0.4, 0.5) is 5.82 Å². The lowest BCUT2D eigenvalue weighted by atomic mass is 10.3. The molecule has 0 bridgehead atoms. The fraction of sp³-hybridized carbons (Fsp3) is 0. The van der Waals surface area contributed by atoms with E-state index in [1.807, 2.05) is 28.7 Å². The zero-order chi connectivity index (χ0) is 7.56. The summed E-state index contributed by atoms with van der Waals surface area (Å²) in [4.78, 5) is 3.76. The summed E-state index contributed by atoms with van der Waals surface area (Å²) >= 11 is 2.04. The molecule has 1 aromatic rings. The first-order chi connectivity index (χ1) is 4.75. The average molecular weight is 245 g/mol. The number of hydrogen-bond donors (Lipinski definition) is 1. The van der Waals surface area contributed by atoms with Gasteiger partial charge in [-0.25, -0.2) is 4.98 Å². The molecule has 0 aliphatic heterocycles. The van der Waals surface area contributed by atoms with Crippen LogP contribution < -0.4 is 5.73 Å². The van der Waals surface area contributed by atoms with Gasteiger partial charge in [-0.05, 0) is 28.7 Å². The molecular weight excluding hydrogens is 241 g/mol. The minimum atomic E-state index is 0.300. The van der Waals surface area contributed by atoms with Crippen molar-refractivity contribution in [2.45, 2.75) is 0 Å². The number of hydrogen-bond acceptors (Lipinski definition) is 3. The number of nitrogens with two attached hydrogens (primary N) is 1. The average Bonchev–Trinajstić information content (AvgIpc) is 1.88. The first kappa shape index (κ1) is 7.28. The summed E-state index contributed by atoms with van der Waals surface area (Å²) in [6, 6.07) is 3.71. The van der Waals surface area contributed by atoms with Gasteiger partial charge in [-0.15, -0.1) is 0 Å². The highest BCUT2D eigenvalue weighted by Crippen LogP contribution is 2.14. The van der Waals surface area contributed by atoms with Gasteiger partial charge in [-0.1, -0.05) is 0 Å². The highest BCUT2D eigenvalue weighted by molar-refractivity contribution is 14.1. The van der Waals surface area contributed by atoms with Crippen molar-refractivity contribution in [3.63, 3.8) is 0 Å². The summed E-state index contributed by atoms with van der Waals surface area (Å²) in [6.07, 6.45) is 1.58. The van der Waals surface area contributed by atoms with Gasteiger partial charge < -0.3 is 5.73 Å². The minimum Gasteiger partial charge on any atom is -0.383 e. The van der Waals surface area contributed by atoms with Crippen LogP contribution in [-0.4, -0.2) is 4.98 Å². The molecule has 10 heavy (non-hydrogen) atoms. The number of rotatable bonds is 0. The van der Waals surface area contributed by atoms with Gasteiger partial charge in [0.2, 0.25) is 0 Å². The molecule has 0 saturated carbocycles. The van der Waals surface area contributed by atoms with Gasteiger partial charge in [0, 0.05) is 9.77 Å². The number of aromatic nitrogens is 1. The molecule has 1 aromatic heterocycles. The van der Waals surface area contributed by atoms with E-state index in [0.29, 0.717) is 11.4 Å². The third-order valence-electron chi connectivity index (χ3n) is 1.04. The zero-order valence-electron chi connectivity index (χ0n) is 5.00. The number of anilines is 1. The lowest BCUT2D eigenvalue weighted by molar-refractivity contribution is 1.29. The third-order valence-corrected chi connectivity index (χ3v) is 1.94. The summed E-state index contributed by atoms with van der Waals surface area (Å²) in [6.45, 7) is 0. The van der Waals surface area contributed by atoms with Crippen LogP contribution in [0, 0.1) is 14.9 Å². The zero-order valence-corrected chi connectivity index (χ0v) is 7.16. The highest BCUT2D eigenvalue weighted by Gasteiger charge is 2.01. The fourth-order valence-corrected chi connectivity index (χ4v) is 1.12. The fourth-order valence-electron chi connectivity index (χ4n) is 0.564. The molecule has 1 rings (SSSR count). The van der Waals surface area contributed by atoms with Crippen LogP contribution in [0.15, 0.2) is 12.3 Å². The van der Waals surface area contributed by atoms with E-state index in [9.17, 15) is 0 Å². The monoisotopic (exact) mass is 245 g/mol. The Morgan fingerprint density at radius 1 is 1.70 bits per heavy atom. The number of nitrogens with zero attached hydrogens (tertiary/aromatic N) is 2. The predicted octanol–water partition coefficient (Wildman–Crippen LogP) is 1.14. The Morgan fingerprint density at radius 2 is 2.40 bits per heavy atom. The third kappa shape index (κ3) is 1.19. The summed E-state index contributed by atoms with van der Waals surface area (Å²) in [5.41, 5.74) is 5.85. The van der Waals surface area contributed by atoms with E-state index in [4.69, 9.17) is 11.0 Å². The standard InChI is InChI=1S/C6H4IN3/c7-5-1-2-10-6(9)4(5)3-8/h1-2H,(H2,9,10). The molecule has 4 heteroatoms. The van der Waals surface area contributed by atoms with Crippen LogP contribution >= 0.6 is 22.6 Å². The number of nitrogen functional groups attached to an aromatic ring is 1. The van der Waals surface area contributed by atoms with E-state index in [-0.39, 0.29) is 0 Å². The second-order valence-electron chi connectivity index (χ2n) is 1.66. The summed E-state index contributed by atoms with van der Waals surface area (Å²) in [7, 11) is 0. The van der Waals surface area contributed by atoms with E-state index < -0.39 is 0 Å². The lowest BCUT2D eigenvalue weighted by Gasteiger charge is -1.95. The maximum atomic E-state index is 8.52. The topological polar surface area (TPSA) is 62.7 Å². The summed E-state index contributed by atoms with van der Waals surface area (Å²) in [5, 5.41) is 8.52. The van der Waals surface area contributed by atoms with E-state index >= 15 is 0 Å². The molecule has 0 radical (unpaired) electrons. The Morgan fingerprint density at radius 3 is 2.80 bits per heavy atom. The van der Waals surface area contributed by atoms with E-state index in [2.05, 4.69) is 4.98 Å². The lowest BCUT2D eigenvalue weighted by Crippen LogP contribution is -1.95. The number of halogens is 1. The SMILES string of the molecule is N#Cc1c(I)ccnc1N. The van der Waals surface area contributed by atoms with Gasteiger partial charge in [0.25, 0.3) is 0 Å². The molecule has 0 saturated heterocycles. The van der Waals surface area contributed by atoms with Gasteiger partial charge in [-0.3, -0.25) is 0 Å². The smallest absolute Gasteiger partial charge is 0.142 e. The van der Waals surface area contributed by atoms with Crippen LogP contribution in [0.3, 0.4) is 0 Å². The van der Waals surface area contributed by atoms with Crippen molar-refractivity contribution in [2.75, 3.05) is 5.73 Å². The molecule has 50 valence electrons. The van der Waals surface area contributed by atoms with Gasteiger partial charge in [0.05, 0.1) is 0 Å². The van der Waals surface area contributed by atoms with Crippen molar-refractivity contribution in [1.29, 1.82) is 5.26 Å². The van der Waals surface area contributed by atoms with Crippen molar-refractivity contribution in [1.82, 2.24) is 4.98 Å². The molecular formula is C6H4IN3. The Hall–Kier alpha value is -0.830. The highest BCUT2D eigenvalue weighted by atomic mass is 127. The van der Waals surface area contributed by atoms with Crippen LogP contribution in [0.2, 0.25) is 0 Å². The second-order valence-corrected chi connectivity index (χ2v) is 2.83. The van der Waals surface area contributed by atoms with Crippen LogP contribution in [0.25, 0.3) is 0 Å². The first-order valence-electron chi connectivity index (χ1n) is 2.56. The Bertz CT molecular complexity index is 269. The van der Waals surface area contributed by atoms with E-state index in [1.165, 1.54) is 0 Å². The van der Waals surface area contributed by atoms with Gasteiger partial charge in [0.15, 0.2) is 0 Å². The maximum absolute atomic E-state index is 8.52. The molecule has 1 heterocycles. The minimum absolute atomic E-state index is 0.300. The molecule has 0 spiro atoms. The Labute approximate surface area is 72.0 Å². The molecule has 2 N–H and O–H groups in total. The van der Waals surface area contributed by atoms with Gasteiger partial charge in [0.1, 0.15) is 17.5 Å². The quantitative estimate of drug-likeness (QED) is 0.697. The van der Waals surface area contributed by atoms with Crippen molar-refractivity contribution in [3.05, 3.63) is 21.4 Å². The molecule has 0 fully saturated rings. The Balaban J connectivity index is 3.34. The molecule has 0 unspecified atom stereocenters. The van der Waals surface area contributed by atoms with E-state index in [0.717, 1.165) is 3.57 Å². The van der Waals surface area contributed by atoms with Crippen LogP contribution in [0.1, 0.15) is 5.56 Å². The van der Waals surface area contributed by atoms with Gasteiger partial charge >= 0.3 is 0 Å². The molecule has 0 atom stereocenters. The van der Waals surface area contributed by atoms with Crippen molar-refractivity contribution in [2.24, 2.45) is 0 Å².